The van der Waals surface area contributed by atoms with E-state index in [1.54, 1.807) is 0 Å². The Morgan fingerprint density at radius 1 is 1.52 bits per heavy atom. The Labute approximate surface area is 129 Å². The van der Waals surface area contributed by atoms with Crippen LogP contribution >= 0.6 is 23.1 Å². The van der Waals surface area contributed by atoms with Crippen molar-refractivity contribution in [3.05, 3.63) is 22.5 Å². The summed E-state index contributed by atoms with van der Waals surface area (Å²) < 4.78 is 31.0. The Bertz CT molecular complexity index is 792. The molecule has 21 heavy (non-hydrogen) atoms. The quantitative estimate of drug-likeness (QED) is 0.892. The third kappa shape index (κ3) is 2.49. The normalized spacial score (nSPS) is 11.6. The lowest BCUT2D eigenvalue weighted by Crippen LogP contribution is -2.29. The van der Waals surface area contributed by atoms with Crippen LogP contribution in [0.4, 0.5) is 5.00 Å². The van der Waals surface area contributed by atoms with Crippen LogP contribution in [-0.4, -0.2) is 40.7 Å². The lowest BCUT2D eigenvalue weighted by Gasteiger charge is -2.18. The van der Waals surface area contributed by atoms with E-state index in [0.29, 0.717) is 0 Å². The molecule has 0 fully saturated rings. The smallest absolute Gasteiger partial charge is 0.340 e. The van der Waals surface area contributed by atoms with Crippen LogP contribution in [0.15, 0.2) is 11.2 Å². The minimum absolute atomic E-state index is 0.0114. The van der Waals surface area contributed by atoms with E-state index in [-0.39, 0.29) is 26.3 Å². The molecule has 0 aromatic carbocycles. The highest BCUT2D eigenvalue weighted by atomic mass is 35.5. The number of nitrogens with zero attached hydrogens (tertiary/aromatic N) is 4. The maximum absolute atomic E-state index is 12.6. The molecule has 0 aliphatic heterocycles. The van der Waals surface area contributed by atoms with E-state index in [4.69, 9.17) is 11.6 Å². The molecule has 2 aromatic rings. The zero-order chi connectivity index (χ0) is 15.9. The highest BCUT2D eigenvalue weighted by molar-refractivity contribution is 7.93. The van der Waals surface area contributed by atoms with Gasteiger partial charge in [0.1, 0.15) is 10.6 Å². The van der Waals surface area contributed by atoms with Gasteiger partial charge < -0.3 is 5.11 Å². The molecule has 0 spiro atoms. The SMILES string of the molecule is Cc1nsc(N(C)S(=O)(=O)c2c(Cl)cnn2C)c1C(=O)O. The molecule has 0 radical (unpaired) electrons. The van der Waals surface area contributed by atoms with Crippen LogP contribution in [0.5, 0.6) is 0 Å². The van der Waals surface area contributed by atoms with Crippen molar-refractivity contribution >= 4 is 44.1 Å². The molecule has 0 saturated carbocycles. The predicted molar refractivity (Wildman–Crippen MR) is 77.6 cm³/mol. The fourth-order valence-corrected chi connectivity index (χ4v) is 4.61. The zero-order valence-corrected chi connectivity index (χ0v) is 13.6. The summed E-state index contributed by atoms with van der Waals surface area (Å²) in [6.07, 6.45) is 1.21. The largest absolute Gasteiger partial charge is 0.478 e. The number of hydrogen-bond acceptors (Lipinski definition) is 6. The first-order valence-electron chi connectivity index (χ1n) is 5.54. The molecule has 2 aromatic heterocycles. The molecule has 0 aliphatic carbocycles. The summed E-state index contributed by atoms with van der Waals surface area (Å²) >= 11 is 6.64. The molecular weight excluding hydrogens is 340 g/mol. The molecule has 2 heterocycles. The van der Waals surface area contributed by atoms with Gasteiger partial charge in [-0.15, -0.1) is 0 Å². The van der Waals surface area contributed by atoms with Gasteiger partial charge in [-0.3, -0.25) is 8.99 Å². The summed E-state index contributed by atoms with van der Waals surface area (Å²) in [5.74, 6) is -1.24. The summed E-state index contributed by atoms with van der Waals surface area (Å²) in [4.78, 5) is 11.3. The standard InChI is InChI=1S/C10H11ClN4O4S2/c1-5-7(10(16)17)8(20-13-5)15(3)21(18,19)9-6(11)4-12-14(9)2/h4H,1-3H3,(H,16,17). The molecule has 0 atom stereocenters. The van der Waals surface area contributed by atoms with Crippen LogP contribution < -0.4 is 4.31 Å². The lowest BCUT2D eigenvalue weighted by molar-refractivity contribution is 0.0697. The summed E-state index contributed by atoms with van der Waals surface area (Å²) in [5, 5.41) is 12.7. The van der Waals surface area contributed by atoms with Gasteiger partial charge in [-0.1, -0.05) is 11.6 Å². The molecule has 0 amide bonds. The minimum Gasteiger partial charge on any atom is -0.478 e. The maximum Gasteiger partial charge on any atom is 0.340 e. The average molecular weight is 351 g/mol. The van der Waals surface area contributed by atoms with Gasteiger partial charge in [0.05, 0.1) is 16.9 Å². The summed E-state index contributed by atoms with van der Waals surface area (Å²) in [6, 6.07) is 0. The van der Waals surface area contributed by atoms with Crippen molar-refractivity contribution < 1.29 is 18.3 Å². The van der Waals surface area contributed by atoms with Crippen molar-refractivity contribution in [2.75, 3.05) is 11.4 Å². The number of carbonyl (C=O) groups is 1. The summed E-state index contributed by atoms with van der Waals surface area (Å²) in [5.41, 5.74) is 0.102. The Balaban J connectivity index is 2.60. The van der Waals surface area contributed by atoms with Gasteiger partial charge in [0.2, 0.25) is 0 Å². The van der Waals surface area contributed by atoms with Gasteiger partial charge in [-0.05, 0) is 18.5 Å². The van der Waals surface area contributed by atoms with E-state index >= 15 is 0 Å². The number of aromatic nitrogens is 3. The molecule has 0 saturated heterocycles. The number of carboxylic acid groups (broad SMARTS) is 1. The number of hydrogen-bond donors (Lipinski definition) is 1. The van der Waals surface area contributed by atoms with Crippen molar-refractivity contribution in [1.82, 2.24) is 14.2 Å². The van der Waals surface area contributed by atoms with Crippen molar-refractivity contribution in [3.63, 3.8) is 0 Å². The van der Waals surface area contributed by atoms with Crippen molar-refractivity contribution in [2.45, 2.75) is 11.9 Å². The molecule has 2 rings (SSSR count). The fourth-order valence-electron chi connectivity index (χ4n) is 1.75. The van der Waals surface area contributed by atoms with E-state index in [0.717, 1.165) is 20.5 Å². The molecule has 114 valence electrons. The van der Waals surface area contributed by atoms with Crippen LogP contribution in [0.1, 0.15) is 16.1 Å². The summed E-state index contributed by atoms with van der Waals surface area (Å²) in [6.45, 7) is 1.50. The Kier molecular flexibility index (Phi) is 3.95. The number of rotatable bonds is 4. The monoisotopic (exact) mass is 350 g/mol. The van der Waals surface area contributed by atoms with Crippen molar-refractivity contribution in [1.29, 1.82) is 0 Å². The number of halogens is 1. The van der Waals surface area contributed by atoms with E-state index in [9.17, 15) is 18.3 Å². The first-order chi connectivity index (χ1) is 9.67. The zero-order valence-electron chi connectivity index (χ0n) is 11.2. The molecule has 0 aliphatic rings. The molecule has 8 nitrogen and oxygen atoms in total. The number of anilines is 1. The molecular formula is C10H11ClN4O4S2. The topological polar surface area (TPSA) is 105 Å². The maximum atomic E-state index is 12.6. The predicted octanol–water partition coefficient (Wildman–Crippen LogP) is 1.36. The molecule has 11 heteroatoms. The van der Waals surface area contributed by atoms with E-state index < -0.39 is 16.0 Å². The minimum atomic E-state index is -4.04. The van der Waals surface area contributed by atoms with Gasteiger partial charge in [0, 0.05) is 14.1 Å². The Hall–Kier alpha value is -1.65. The second kappa shape index (κ2) is 5.28. The van der Waals surface area contributed by atoms with Gasteiger partial charge in [-0.25, -0.2) is 4.79 Å². The molecule has 0 bridgehead atoms. The van der Waals surface area contributed by atoms with E-state index in [2.05, 4.69) is 9.47 Å². The molecule has 0 unspecified atom stereocenters. The van der Waals surface area contributed by atoms with Crippen molar-refractivity contribution in [2.24, 2.45) is 7.05 Å². The first kappa shape index (κ1) is 15.7. The Morgan fingerprint density at radius 3 is 2.62 bits per heavy atom. The highest BCUT2D eigenvalue weighted by Crippen LogP contribution is 2.33. The number of aromatic carboxylic acids is 1. The first-order valence-corrected chi connectivity index (χ1v) is 8.13. The Morgan fingerprint density at radius 2 is 2.14 bits per heavy atom. The van der Waals surface area contributed by atoms with Crippen LogP contribution in [0.25, 0.3) is 0 Å². The van der Waals surface area contributed by atoms with Crippen LogP contribution in [0, 0.1) is 6.92 Å². The van der Waals surface area contributed by atoms with E-state index in [1.807, 2.05) is 0 Å². The van der Waals surface area contributed by atoms with Gasteiger partial charge in [0.15, 0.2) is 5.03 Å². The van der Waals surface area contributed by atoms with Gasteiger partial charge in [0.25, 0.3) is 10.0 Å². The second-order valence-electron chi connectivity index (χ2n) is 4.15. The fraction of sp³-hybridized carbons (Fsp3) is 0.300. The van der Waals surface area contributed by atoms with Gasteiger partial charge >= 0.3 is 5.97 Å². The number of aryl methyl sites for hydroxylation is 2. The van der Waals surface area contributed by atoms with Crippen LogP contribution in [0.3, 0.4) is 0 Å². The highest BCUT2D eigenvalue weighted by Gasteiger charge is 2.32. The van der Waals surface area contributed by atoms with Crippen LogP contribution in [-0.2, 0) is 17.1 Å². The number of sulfonamides is 1. The van der Waals surface area contributed by atoms with E-state index in [1.165, 1.54) is 27.2 Å². The third-order valence-corrected chi connectivity index (χ3v) is 6.19. The third-order valence-electron chi connectivity index (χ3n) is 2.79. The van der Waals surface area contributed by atoms with Gasteiger partial charge in [-0.2, -0.15) is 17.9 Å². The van der Waals surface area contributed by atoms with Crippen LogP contribution in [0.2, 0.25) is 5.02 Å². The second-order valence-corrected chi connectivity index (χ2v) is 7.19. The van der Waals surface area contributed by atoms with Crippen molar-refractivity contribution in [3.8, 4) is 0 Å². The average Bonchev–Trinajstić information content (AvgIpc) is 2.91. The lowest BCUT2D eigenvalue weighted by atomic mass is 10.2. The number of carboxylic acids is 1. The summed E-state index contributed by atoms with van der Waals surface area (Å²) in [7, 11) is -1.36. The molecule has 1 N–H and O–H groups in total.